The second-order valence-electron chi connectivity index (χ2n) is 4.50. The fourth-order valence-corrected chi connectivity index (χ4v) is 2.33. The van der Waals surface area contributed by atoms with Gasteiger partial charge < -0.3 is 15.4 Å². The number of nitrogens with one attached hydrogen (secondary N) is 2. The van der Waals surface area contributed by atoms with E-state index in [2.05, 4.69) is 10.6 Å². The minimum atomic E-state index is -0.226. The molecular weight excluding hydrogens is 192 g/mol. The van der Waals surface area contributed by atoms with E-state index in [0.29, 0.717) is 6.04 Å². The summed E-state index contributed by atoms with van der Waals surface area (Å²) in [5.74, 6) is 0. The second kappa shape index (κ2) is 5.35. The summed E-state index contributed by atoms with van der Waals surface area (Å²) in [6.45, 7) is 1.76. The predicted octanol–water partition coefficient (Wildman–Crippen LogP) is 1.41. The summed E-state index contributed by atoms with van der Waals surface area (Å²) in [6.07, 6.45) is 6.78. The van der Waals surface area contributed by atoms with Crippen molar-refractivity contribution in [2.24, 2.45) is 0 Å². The van der Waals surface area contributed by atoms with Crippen LogP contribution in [0.4, 0.5) is 4.79 Å². The Morgan fingerprint density at radius 2 is 2.00 bits per heavy atom. The second-order valence-corrected chi connectivity index (χ2v) is 4.50. The first-order valence-corrected chi connectivity index (χ1v) is 6.02. The van der Waals surface area contributed by atoms with Gasteiger partial charge in [-0.3, -0.25) is 0 Å². The van der Waals surface area contributed by atoms with Gasteiger partial charge in [0.2, 0.25) is 0 Å². The van der Waals surface area contributed by atoms with E-state index >= 15 is 0 Å². The van der Waals surface area contributed by atoms with Crippen molar-refractivity contribution in [3.63, 3.8) is 0 Å². The van der Waals surface area contributed by atoms with Crippen molar-refractivity contribution < 1.29 is 9.53 Å². The van der Waals surface area contributed by atoms with Gasteiger partial charge in [-0.05, 0) is 25.8 Å². The maximum atomic E-state index is 11.5. The molecule has 0 aromatic heterocycles. The first-order valence-electron chi connectivity index (χ1n) is 6.02. The van der Waals surface area contributed by atoms with E-state index in [1.165, 1.54) is 19.3 Å². The lowest BCUT2D eigenvalue weighted by Crippen LogP contribution is -2.38. The number of amides is 1. The summed E-state index contributed by atoms with van der Waals surface area (Å²) in [6, 6.07) is 0.348. The smallest absolute Gasteiger partial charge is 0.407 e. The molecule has 0 aromatic carbocycles. The Kier molecular flexibility index (Phi) is 3.83. The Morgan fingerprint density at radius 1 is 1.20 bits per heavy atom. The summed E-state index contributed by atoms with van der Waals surface area (Å²) in [5, 5.41) is 6.13. The van der Waals surface area contributed by atoms with Gasteiger partial charge in [0.05, 0.1) is 0 Å². The zero-order valence-electron chi connectivity index (χ0n) is 9.13. The Labute approximate surface area is 90.8 Å². The molecule has 0 spiro atoms. The average Bonchev–Trinajstić information content (AvgIpc) is 2.71. The maximum Gasteiger partial charge on any atom is 0.407 e. The molecule has 1 aliphatic heterocycles. The van der Waals surface area contributed by atoms with Gasteiger partial charge in [-0.25, -0.2) is 4.79 Å². The van der Waals surface area contributed by atoms with Crippen molar-refractivity contribution in [3.05, 3.63) is 0 Å². The van der Waals surface area contributed by atoms with Gasteiger partial charge >= 0.3 is 6.09 Å². The van der Waals surface area contributed by atoms with Crippen LogP contribution in [-0.2, 0) is 4.74 Å². The SMILES string of the molecule is O=C(NC1CCCCC1)OC1CCNC1. The number of carbonyl (C=O) groups is 1. The fourth-order valence-electron chi connectivity index (χ4n) is 2.33. The van der Waals surface area contributed by atoms with Gasteiger partial charge in [0.15, 0.2) is 0 Å². The molecule has 0 bridgehead atoms. The highest BCUT2D eigenvalue weighted by molar-refractivity contribution is 5.67. The number of hydrogen-bond donors (Lipinski definition) is 2. The van der Waals surface area contributed by atoms with Gasteiger partial charge in [0, 0.05) is 12.6 Å². The lowest BCUT2D eigenvalue weighted by atomic mass is 9.96. The third-order valence-corrected chi connectivity index (χ3v) is 3.22. The predicted molar refractivity (Wildman–Crippen MR) is 57.8 cm³/mol. The van der Waals surface area contributed by atoms with Crippen molar-refractivity contribution in [1.29, 1.82) is 0 Å². The first-order chi connectivity index (χ1) is 7.34. The topological polar surface area (TPSA) is 50.4 Å². The van der Waals surface area contributed by atoms with Crippen LogP contribution in [0.15, 0.2) is 0 Å². The highest BCUT2D eigenvalue weighted by Gasteiger charge is 2.21. The molecule has 15 heavy (non-hydrogen) atoms. The Morgan fingerprint density at radius 3 is 2.67 bits per heavy atom. The van der Waals surface area contributed by atoms with Gasteiger partial charge in [-0.1, -0.05) is 19.3 Å². The molecule has 1 atom stereocenters. The quantitative estimate of drug-likeness (QED) is 0.727. The molecule has 2 aliphatic rings. The Bertz CT molecular complexity index is 209. The molecule has 1 saturated carbocycles. The number of hydrogen-bond acceptors (Lipinski definition) is 3. The number of carbonyl (C=O) groups excluding carboxylic acids is 1. The van der Waals surface area contributed by atoms with Crippen molar-refractivity contribution in [3.8, 4) is 0 Å². The third-order valence-electron chi connectivity index (χ3n) is 3.22. The maximum absolute atomic E-state index is 11.5. The van der Waals surface area contributed by atoms with Crippen LogP contribution in [0.3, 0.4) is 0 Å². The lowest BCUT2D eigenvalue weighted by molar-refractivity contribution is 0.102. The zero-order chi connectivity index (χ0) is 10.5. The van der Waals surface area contributed by atoms with E-state index in [1.807, 2.05) is 0 Å². The summed E-state index contributed by atoms with van der Waals surface area (Å²) in [4.78, 5) is 11.5. The van der Waals surface area contributed by atoms with Crippen LogP contribution in [0.2, 0.25) is 0 Å². The van der Waals surface area contributed by atoms with E-state index in [1.54, 1.807) is 0 Å². The monoisotopic (exact) mass is 212 g/mol. The molecular formula is C11H20N2O2. The minimum Gasteiger partial charge on any atom is -0.445 e. The van der Waals surface area contributed by atoms with Crippen molar-refractivity contribution in [2.75, 3.05) is 13.1 Å². The summed E-state index contributed by atoms with van der Waals surface area (Å²) >= 11 is 0. The van der Waals surface area contributed by atoms with Crippen LogP contribution >= 0.6 is 0 Å². The van der Waals surface area contributed by atoms with Gasteiger partial charge in [-0.2, -0.15) is 0 Å². The average molecular weight is 212 g/mol. The Hall–Kier alpha value is -0.770. The normalized spacial score (nSPS) is 27.6. The molecule has 1 amide bonds. The standard InChI is InChI=1S/C11H20N2O2/c14-11(15-10-6-7-12-8-10)13-9-4-2-1-3-5-9/h9-10,12H,1-8H2,(H,13,14). The van der Waals surface area contributed by atoms with E-state index in [-0.39, 0.29) is 12.2 Å². The van der Waals surface area contributed by atoms with Crippen LogP contribution in [0.25, 0.3) is 0 Å². The number of ether oxygens (including phenoxy) is 1. The summed E-state index contributed by atoms with van der Waals surface area (Å²) < 4.78 is 5.30. The highest BCUT2D eigenvalue weighted by Crippen LogP contribution is 2.17. The largest absolute Gasteiger partial charge is 0.445 e. The van der Waals surface area contributed by atoms with Crippen molar-refractivity contribution in [2.45, 2.75) is 50.7 Å². The Balaban J connectivity index is 1.66. The molecule has 1 aliphatic carbocycles. The van der Waals surface area contributed by atoms with E-state index in [4.69, 9.17) is 4.74 Å². The van der Waals surface area contributed by atoms with E-state index in [0.717, 1.165) is 32.4 Å². The molecule has 4 heteroatoms. The summed E-state index contributed by atoms with van der Waals surface area (Å²) in [7, 11) is 0. The van der Waals surface area contributed by atoms with Gasteiger partial charge in [0.1, 0.15) is 6.10 Å². The molecule has 0 radical (unpaired) electrons. The molecule has 2 fully saturated rings. The van der Waals surface area contributed by atoms with E-state index < -0.39 is 0 Å². The molecule has 2 rings (SSSR count). The van der Waals surface area contributed by atoms with Crippen LogP contribution in [0.5, 0.6) is 0 Å². The third kappa shape index (κ3) is 3.38. The molecule has 4 nitrogen and oxygen atoms in total. The number of rotatable bonds is 2. The van der Waals surface area contributed by atoms with Gasteiger partial charge in [-0.15, -0.1) is 0 Å². The highest BCUT2D eigenvalue weighted by atomic mass is 16.6. The molecule has 1 saturated heterocycles. The molecule has 1 unspecified atom stereocenters. The van der Waals surface area contributed by atoms with Crippen LogP contribution in [0, 0.1) is 0 Å². The van der Waals surface area contributed by atoms with Crippen molar-refractivity contribution in [1.82, 2.24) is 10.6 Å². The minimum absolute atomic E-state index is 0.0774. The zero-order valence-corrected chi connectivity index (χ0v) is 9.13. The van der Waals surface area contributed by atoms with Crippen molar-refractivity contribution >= 4 is 6.09 Å². The van der Waals surface area contributed by atoms with Gasteiger partial charge in [0.25, 0.3) is 0 Å². The first kappa shape index (κ1) is 10.7. The van der Waals surface area contributed by atoms with Crippen LogP contribution in [0.1, 0.15) is 38.5 Å². The molecule has 0 aromatic rings. The summed E-state index contributed by atoms with van der Waals surface area (Å²) in [5.41, 5.74) is 0. The molecule has 2 N–H and O–H groups in total. The molecule has 1 heterocycles. The molecule has 86 valence electrons. The number of alkyl carbamates (subject to hydrolysis) is 1. The van der Waals surface area contributed by atoms with Crippen LogP contribution < -0.4 is 10.6 Å². The van der Waals surface area contributed by atoms with E-state index in [9.17, 15) is 4.79 Å². The van der Waals surface area contributed by atoms with Crippen LogP contribution in [-0.4, -0.2) is 31.3 Å². The lowest BCUT2D eigenvalue weighted by Gasteiger charge is -2.23. The fraction of sp³-hybridized carbons (Fsp3) is 0.909.